The Labute approximate surface area is 153 Å². The molecule has 0 amide bonds. The van der Waals surface area contributed by atoms with Crippen molar-refractivity contribution in [2.45, 2.75) is 31.9 Å². The van der Waals surface area contributed by atoms with Crippen molar-refractivity contribution in [3.05, 3.63) is 35.4 Å². The molecule has 0 bridgehead atoms. The van der Waals surface area contributed by atoms with Crippen LogP contribution in [0.3, 0.4) is 0 Å². The molecule has 3 heterocycles. The Bertz CT molecular complexity index is 867. The van der Waals surface area contributed by atoms with Crippen LogP contribution in [0.15, 0.2) is 24.3 Å². The van der Waals surface area contributed by atoms with Gasteiger partial charge in [-0.2, -0.15) is 0 Å². The van der Waals surface area contributed by atoms with Gasteiger partial charge in [-0.1, -0.05) is 17.9 Å². The van der Waals surface area contributed by atoms with Gasteiger partial charge in [0.2, 0.25) is 5.88 Å². The highest BCUT2D eigenvalue weighted by Gasteiger charge is 2.21. The zero-order valence-electron chi connectivity index (χ0n) is 14.7. The Morgan fingerprint density at radius 3 is 3.04 bits per heavy atom. The molecule has 2 aliphatic heterocycles. The highest BCUT2D eigenvalue weighted by atomic mass is 16.6. The lowest BCUT2D eigenvalue weighted by molar-refractivity contribution is -0.102. The van der Waals surface area contributed by atoms with Crippen LogP contribution in [0, 0.1) is 17.8 Å². The zero-order valence-corrected chi connectivity index (χ0v) is 14.7. The maximum absolute atomic E-state index is 5.85. The van der Waals surface area contributed by atoms with Crippen molar-refractivity contribution in [1.82, 2.24) is 9.78 Å². The van der Waals surface area contributed by atoms with Crippen LogP contribution in [0.2, 0.25) is 0 Å². The molecule has 1 aromatic carbocycles. The first-order valence-electron chi connectivity index (χ1n) is 9.40. The fourth-order valence-electron chi connectivity index (χ4n) is 3.43. The van der Waals surface area contributed by atoms with Crippen LogP contribution in [0.4, 0.5) is 0 Å². The maximum atomic E-state index is 5.85. The van der Waals surface area contributed by atoms with Gasteiger partial charge >= 0.3 is 0 Å². The van der Waals surface area contributed by atoms with Crippen molar-refractivity contribution < 1.29 is 14.2 Å². The first-order chi connectivity index (χ1) is 12.8. The molecule has 1 saturated carbocycles. The lowest BCUT2D eigenvalue weighted by Crippen LogP contribution is -2.33. The van der Waals surface area contributed by atoms with E-state index >= 15 is 0 Å². The van der Waals surface area contributed by atoms with Gasteiger partial charge in [0.25, 0.3) is 0 Å². The number of benzene rings is 1. The number of nitrogens with zero attached hydrogens (tertiary/aromatic N) is 2. The normalized spacial score (nSPS) is 21.3. The van der Waals surface area contributed by atoms with Crippen LogP contribution < -0.4 is 4.74 Å². The SMILES string of the molecule is C(#CC1CC1)c1ccc2c(c1)CCn1nc(OCC3COCCO3)cc1-2. The van der Waals surface area contributed by atoms with E-state index in [9.17, 15) is 0 Å². The summed E-state index contributed by atoms with van der Waals surface area (Å²) in [6, 6.07) is 8.54. The van der Waals surface area contributed by atoms with E-state index in [-0.39, 0.29) is 6.10 Å². The van der Waals surface area contributed by atoms with E-state index in [1.807, 2.05) is 10.7 Å². The molecule has 0 N–H and O–H groups in total. The molecule has 0 spiro atoms. The molecule has 5 rings (SSSR count). The van der Waals surface area contributed by atoms with Crippen LogP contribution in [-0.2, 0) is 22.4 Å². The van der Waals surface area contributed by atoms with E-state index in [2.05, 4.69) is 35.1 Å². The van der Waals surface area contributed by atoms with Crippen molar-refractivity contribution in [1.29, 1.82) is 0 Å². The number of aromatic nitrogens is 2. The molecule has 3 aliphatic rings. The lowest BCUT2D eigenvalue weighted by Gasteiger charge is -2.22. The van der Waals surface area contributed by atoms with Gasteiger partial charge in [0.1, 0.15) is 12.7 Å². The Hall–Kier alpha value is -2.29. The second-order valence-electron chi connectivity index (χ2n) is 7.14. The van der Waals surface area contributed by atoms with Gasteiger partial charge in [0, 0.05) is 29.7 Å². The summed E-state index contributed by atoms with van der Waals surface area (Å²) in [6.45, 7) is 3.22. The molecule has 1 aromatic heterocycles. The third-order valence-electron chi connectivity index (χ3n) is 5.03. The Balaban J connectivity index is 1.32. The van der Waals surface area contributed by atoms with Crippen LogP contribution >= 0.6 is 0 Å². The molecule has 5 heteroatoms. The van der Waals surface area contributed by atoms with Gasteiger partial charge in [-0.15, -0.1) is 5.10 Å². The van der Waals surface area contributed by atoms with Crippen molar-refractivity contribution in [3.8, 4) is 29.0 Å². The first-order valence-corrected chi connectivity index (χ1v) is 9.40. The summed E-state index contributed by atoms with van der Waals surface area (Å²) >= 11 is 0. The Morgan fingerprint density at radius 2 is 2.19 bits per heavy atom. The van der Waals surface area contributed by atoms with E-state index in [4.69, 9.17) is 14.2 Å². The minimum absolute atomic E-state index is 0.0117. The molecule has 26 heavy (non-hydrogen) atoms. The highest BCUT2D eigenvalue weighted by molar-refractivity contribution is 5.68. The average Bonchev–Trinajstić information content (AvgIpc) is 3.42. The summed E-state index contributed by atoms with van der Waals surface area (Å²) < 4.78 is 18.9. The van der Waals surface area contributed by atoms with Gasteiger partial charge in [-0.25, -0.2) is 0 Å². The topological polar surface area (TPSA) is 45.5 Å². The van der Waals surface area contributed by atoms with Crippen LogP contribution in [0.25, 0.3) is 11.3 Å². The molecule has 134 valence electrons. The van der Waals surface area contributed by atoms with Gasteiger partial charge in [-0.3, -0.25) is 4.68 Å². The number of rotatable bonds is 3. The van der Waals surface area contributed by atoms with Crippen molar-refractivity contribution in [2.24, 2.45) is 5.92 Å². The van der Waals surface area contributed by atoms with Gasteiger partial charge in [0.05, 0.1) is 25.5 Å². The van der Waals surface area contributed by atoms with E-state index in [0.717, 1.165) is 24.2 Å². The molecular weight excluding hydrogens is 328 g/mol. The molecule has 1 unspecified atom stereocenters. The number of hydrogen-bond acceptors (Lipinski definition) is 4. The number of hydrogen-bond donors (Lipinski definition) is 0. The fraction of sp³-hybridized carbons (Fsp3) is 0.476. The molecule has 1 aliphatic carbocycles. The third kappa shape index (κ3) is 3.35. The minimum Gasteiger partial charge on any atom is -0.474 e. The molecule has 2 aromatic rings. The minimum atomic E-state index is -0.0117. The number of fused-ring (bicyclic) bond motifs is 3. The van der Waals surface area contributed by atoms with Crippen LogP contribution in [-0.4, -0.2) is 42.3 Å². The van der Waals surface area contributed by atoms with Gasteiger partial charge in [-0.05, 0) is 37.0 Å². The number of aryl methyl sites for hydroxylation is 2. The summed E-state index contributed by atoms with van der Waals surface area (Å²) in [5.41, 5.74) is 4.81. The third-order valence-corrected chi connectivity index (χ3v) is 5.03. The van der Waals surface area contributed by atoms with E-state index < -0.39 is 0 Å². The molecule has 2 fully saturated rings. The predicted octanol–water partition coefficient (Wildman–Crippen LogP) is 2.66. The summed E-state index contributed by atoms with van der Waals surface area (Å²) in [5.74, 6) is 7.94. The second kappa shape index (κ2) is 6.79. The van der Waals surface area contributed by atoms with E-state index in [1.165, 1.54) is 24.0 Å². The largest absolute Gasteiger partial charge is 0.474 e. The monoisotopic (exact) mass is 350 g/mol. The highest BCUT2D eigenvalue weighted by Crippen LogP contribution is 2.32. The smallest absolute Gasteiger partial charge is 0.233 e. The van der Waals surface area contributed by atoms with Crippen LogP contribution in [0.1, 0.15) is 24.0 Å². The van der Waals surface area contributed by atoms with Crippen molar-refractivity contribution >= 4 is 0 Å². The predicted molar refractivity (Wildman–Crippen MR) is 97.0 cm³/mol. The summed E-state index contributed by atoms with van der Waals surface area (Å²) in [4.78, 5) is 0. The Kier molecular flexibility index (Phi) is 4.16. The molecule has 1 atom stereocenters. The summed E-state index contributed by atoms with van der Waals surface area (Å²) in [6.07, 6.45) is 3.49. The zero-order chi connectivity index (χ0) is 17.3. The maximum Gasteiger partial charge on any atom is 0.233 e. The van der Waals surface area contributed by atoms with Gasteiger partial charge in [0.15, 0.2) is 0 Å². The van der Waals surface area contributed by atoms with E-state index in [0.29, 0.717) is 38.2 Å². The standard InChI is InChI=1S/C21H22N2O3/c1-2-15(1)3-4-16-5-6-19-17(11-16)7-8-23-20(19)12-21(22-23)26-14-18-13-24-9-10-25-18/h5-6,11-12,15,18H,1-2,7-10,13-14H2. The molecule has 1 saturated heterocycles. The van der Waals surface area contributed by atoms with Crippen molar-refractivity contribution in [3.63, 3.8) is 0 Å². The van der Waals surface area contributed by atoms with E-state index in [1.54, 1.807) is 0 Å². The summed E-state index contributed by atoms with van der Waals surface area (Å²) in [7, 11) is 0. The average molecular weight is 350 g/mol. The van der Waals surface area contributed by atoms with Crippen molar-refractivity contribution in [2.75, 3.05) is 26.4 Å². The summed E-state index contributed by atoms with van der Waals surface area (Å²) in [5, 5.41) is 4.59. The van der Waals surface area contributed by atoms with Crippen LogP contribution in [0.5, 0.6) is 5.88 Å². The lowest BCUT2D eigenvalue weighted by atomic mass is 9.96. The van der Waals surface area contributed by atoms with Gasteiger partial charge < -0.3 is 14.2 Å². The second-order valence-corrected chi connectivity index (χ2v) is 7.14. The number of ether oxygens (including phenoxy) is 3. The fourth-order valence-corrected chi connectivity index (χ4v) is 3.43. The molecule has 5 nitrogen and oxygen atoms in total. The first kappa shape index (κ1) is 15.9. The Morgan fingerprint density at radius 1 is 1.23 bits per heavy atom. The molecular formula is C21H22N2O3. The molecule has 0 radical (unpaired) electrons. The quantitative estimate of drug-likeness (QED) is 0.799.